The molecule has 0 aliphatic carbocycles. The van der Waals surface area contributed by atoms with Gasteiger partial charge >= 0.3 is 6.03 Å². The van der Waals surface area contributed by atoms with Crippen LogP contribution >= 0.6 is 0 Å². The van der Waals surface area contributed by atoms with Gasteiger partial charge in [0.05, 0.1) is 6.04 Å². The van der Waals surface area contributed by atoms with Crippen LogP contribution in [-0.2, 0) is 0 Å². The zero-order chi connectivity index (χ0) is 11.8. The van der Waals surface area contributed by atoms with Gasteiger partial charge in [-0.2, -0.15) is 0 Å². The smallest absolute Gasteiger partial charge is 0.320 e. The Labute approximate surface area is 92.4 Å². The second-order valence-electron chi connectivity index (χ2n) is 5.51. The van der Waals surface area contributed by atoms with Crippen LogP contribution in [0.1, 0.15) is 27.7 Å². The summed E-state index contributed by atoms with van der Waals surface area (Å²) >= 11 is 0. The van der Waals surface area contributed by atoms with E-state index >= 15 is 0 Å². The molecule has 0 aromatic carbocycles. The molecule has 2 atom stereocenters. The van der Waals surface area contributed by atoms with E-state index in [2.05, 4.69) is 20.8 Å². The summed E-state index contributed by atoms with van der Waals surface area (Å²) < 4.78 is 0. The van der Waals surface area contributed by atoms with Crippen LogP contribution in [0.2, 0.25) is 0 Å². The first-order valence-corrected chi connectivity index (χ1v) is 5.52. The van der Waals surface area contributed by atoms with Crippen molar-refractivity contribution in [3.63, 3.8) is 0 Å². The molecule has 4 nitrogen and oxygen atoms in total. The number of carbonyl (C=O) groups excluding carboxylic acids is 1. The molecular formula is C11H23N3O. The van der Waals surface area contributed by atoms with Crippen molar-refractivity contribution in [2.45, 2.75) is 39.8 Å². The number of nitrogens with two attached hydrogens (primary N) is 1. The van der Waals surface area contributed by atoms with Gasteiger partial charge in [-0.15, -0.1) is 0 Å². The molecule has 1 fully saturated rings. The molecule has 0 aromatic rings. The van der Waals surface area contributed by atoms with E-state index in [-0.39, 0.29) is 23.5 Å². The maximum Gasteiger partial charge on any atom is 0.320 e. The van der Waals surface area contributed by atoms with Crippen LogP contribution in [0.15, 0.2) is 0 Å². The minimum Gasteiger partial charge on any atom is -0.328 e. The van der Waals surface area contributed by atoms with Crippen LogP contribution in [0.25, 0.3) is 0 Å². The lowest BCUT2D eigenvalue weighted by molar-refractivity contribution is 0.171. The van der Waals surface area contributed by atoms with Gasteiger partial charge in [0.25, 0.3) is 0 Å². The molecule has 1 aliphatic rings. The average Bonchev–Trinajstić information content (AvgIpc) is 2.42. The normalized spacial score (nSPS) is 24.9. The van der Waals surface area contributed by atoms with Gasteiger partial charge in [0.2, 0.25) is 0 Å². The molecule has 2 unspecified atom stereocenters. The summed E-state index contributed by atoms with van der Waals surface area (Å²) in [6, 6.07) is 0.513. The molecule has 88 valence electrons. The van der Waals surface area contributed by atoms with Crippen molar-refractivity contribution in [2.75, 3.05) is 20.1 Å². The Hall–Kier alpha value is -0.770. The lowest BCUT2D eigenvalue weighted by Crippen LogP contribution is -2.40. The fourth-order valence-corrected chi connectivity index (χ4v) is 2.07. The van der Waals surface area contributed by atoms with E-state index in [0.717, 1.165) is 6.54 Å². The van der Waals surface area contributed by atoms with Crippen LogP contribution in [0.3, 0.4) is 0 Å². The summed E-state index contributed by atoms with van der Waals surface area (Å²) in [4.78, 5) is 15.7. The average molecular weight is 213 g/mol. The van der Waals surface area contributed by atoms with Crippen molar-refractivity contribution in [3.8, 4) is 0 Å². The van der Waals surface area contributed by atoms with Crippen molar-refractivity contribution in [2.24, 2.45) is 11.1 Å². The van der Waals surface area contributed by atoms with Gasteiger partial charge in [-0.1, -0.05) is 20.8 Å². The van der Waals surface area contributed by atoms with Crippen molar-refractivity contribution in [3.05, 3.63) is 0 Å². The fraction of sp³-hybridized carbons (Fsp3) is 0.909. The summed E-state index contributed by atoms with van der Waals surface area (Å²) in [5, 5.41) is 0. The Morgan fingerprint density at radius 2 is 2.07 bits per heavy atom. The van der Waals surface area contributed by atoms with E-state index < -0.39 is 0 Å². The van der Waals surface area contributed by atoms with Crippen molar-refractivity contribution in [1.82, 2.24) is 9.80 Å². The molecule has 1 saturated heterocycles. The molecular weight excluding hydrogens is 190 g/mol. The molecule has 1 aliphatic heterocycles. The highest BCUT2D eigenvalue weighted by molar-refractivity contribution is 5.77. The van der Waals surface area contributed by atoms with Crippen LogP contribution in [-0.4, -0.2) is 48.1 Å². The van der Waals surface area contributed by atoms with Gasteiger partial charge in [0.1, 0.15) is 0 Å². The summed E-state index contributed by atoms with van der Waals surface area (Å²) in [6.07, 6.45) is 0. The highest BCUT2D eigenvalue weighted by Crippen LogP contribution is 2.30. The summed E-state index contributed by atoms with van der Waals surface area (Å²) in [7, 11) is 1.88. The summed E-state index contributed by atoms with van der Waals surface area (Å²) in [5.41, 5.74) is 5.72. The van der Waals surface area contributed by atoms with Gasteiger partial charge in [-0.3, -0.25) is 0 Å². The number of nitrogens with zero attached hydrogens (tertiary/aromatic N) is 2. The van der Waals surface area contributed by atoms with Gasteiger partial charge in [-0.25, -0.2) is 4.79 Å². The number of rotatable bonds is 2. The van der Waals surface area contributed by atoms with Gasteiger partial charge < -0.3 is 15.5 Å². The lowest BCUT2D eigenvalue weighted by Gasteiger charge is -2.31. The molecule has 1 rings (SSSR count). The molecule has 4 heteroatoms. The molecule has 0 radical (unpaired) electrons. The molecule has 2 N–H and O–H groups in total. The van der Waals surface area contributed by atoms with E-state index in [4.69, 9.17) is 5.73 Å². The predicted octanol–water partition coefficient (Wildman–Crippen LogP) is 1.12. The Kier molecular flexibility index (Phi) is 3.28. The Balaban J connectivity index is 2.81. The van der Waals surface area contributed by atoms with Gasteiger partial charge in [0.15, 0.2) is 0 Å². The number of hydrogen-bond donors (Lipinski definition) is 1. The van der Waals surface area contributed by atoms with Crippen molar-refractivity contribution in [1.29, 1.82) is 0 Å². The standard InChI is InChI=1S/C11H23N3O/c1-8(6-12)14-7-9(11(2,3)4)13(5)10(14)15/h8-9H,6-7,12H2,1-5H3. The zero-order valence-corrected chi connectivity index (χ0v) is 10.4. The molecule has 0 bridgehead atoms. The third-order valence-electron chi connectivity index (χ3n) is 3.26. The van der Waals surface area contributed by atoms with Crippen LogP contribution in [0.5, 0.6) is 0 Å². The predicted molar refractivity (Wildman–Crippen MR) is 61.6 cm³/mol. The Bertz CT molecular complexity index is 247. The maximum atomic E-state index is 12.0. The second kappa shape index (κ2) is 4.00. The molecule has 15 heavy (non-hydrogen) atoms. The Morgan fingerprint density at radius 3 is 2.40 bits per heavy atom. The zero-order valence-electron chi connectivity index (χ0n) is 10.4. The summed E-state index contributed by atoms with van der Waals surface area (Å²) in [6.45, 7) is 9.80. The summed E-state index contributed by atoms with van der Waals surface area (Å²) in [5.74, 6) is 0. The quantitative estimate of drug-likeness (QED) is 0.747. The van der Waals surface area contributed by atoms with E-state index in [0.29, 0.717) is 6.54 Å². The fourth-order valence-electron chi connectivity index (χ4n) is 2.07. The topological polar surface area (TPSA) is 49.6 Å². The number of amides is 2. The molecule has 1 heterocycles. The Morgan fingerprint density at radius 1 is 1.53 bits per heavy atom. The molecule has 2 amide bonds. The monoisotopic (exact) mass is 213 g/mol. The van der Waals surface area contributed by atoms with E-state index in [1.54, 1.807) is 0 Å². The minimum absolute atomic E-state index is 0.105. The molecule has 0 aromatic heterocycles. The number of likely N-dealkylation sites (N-methyl/N-ethyl adjacent to an activating group) is 1. The lowest BCUT2D eigenvalue weighted by atomic mass is 9.86. The van der Waals surface area contributed by atoms with Crippen molar-refractivity contribution < 1.29 is 4.79 Å². The second-order valence-corrected chi connectivity index (χ2v) is 5.51. The SMILES string of the molecule is CC(CN)N1CC(C(C)(C)C)N(C)C1=O. The van der Waals surface area contributed by atoms with Crippen LogP contribution < -0.4 is 5.73 Å². The largest absolute Gasteiger partial charge is 0.328 e. The van der Waals surface area contributed by atoms with E-state index in [1.807, 2.05) is 23.8 Å². The van der Waals surface area contributed by atoms with E-state index in [1.165, 1.54) is 0 Å². The van der Waals surface area contributed by atoms with Gasteiger partial charge in [-0.05, 0) is 12.3 Å². The number of urea groups is 1. The van der Waals surface area contributed by atoms with E-state index in [9.17, 15) is 4.79 Å². The first-order chi connectivity index (χ1) is 6.79. The van der Waals surface area contributed by atoms with Crippen LogP contribution in [0.4, 0.5) is 4.79 Å². The third-order valence-corrected chi connectivity index (χ3v) is 3.26. The highest BCUT2D eigenvalue weighted by atomic mass is 16.2. The van der Waals surface area contributed by atoms with Crippen LogP contribution in [0, 0.1) is 5.41 Å². The number of carbonyl (C=O) groups is 1. The first-order valence-electron chi connectivity index (χ1n) is 5.52. The van der Waals surface area contributed by atoms with Crippen molar-refractivity contribution >= 4 is 6.03 Å². The number of hydrogen-bond acceptors (Lipinski definition) is 2. The third kappa shape index (κ3) is 2.25. The highest BCUT2D eigenvalue weighted by Gasteiger charge is 2.42. The molecule has 0 saturated carbocycles. The van der Waals surface area contributed by atoms with Gasteiger partial charge in [0, 0.05) is 26.2 Å². The first kappa shape index (κ1) is 12.3. The molecule has 0 spiro atoms. The minimum atomic E-state index is 0.105. The maximum absolute atomic E-state index is 12.0.